The molecule has 13 heteroatoms. The first-order valence-electron chi connectivity index (χ1n) is 15.3. The molecule has 1 saturated heterocycles. The lowest BCUT2D eigenvalue weighted by Gasteiger charge is -2.37. The van der Waals surface area contributed by atoms with Gasteiger partial charge in [-0.05, 0) is 38.2 Å². The molecule has 1 aliphatic heterocycles. The van der Waals surface area contributed by atoms with Gasteiger partial charge in [-0.15, -0.1) is 11.3 Å². The Hall–Kier alpha value is -2.68. The highest BCUT2D eigenvalue weighted by molar-refractivity contribution is 7.19. The number of hydrogen-bond donors (Lipinski definition) is 6. The summed E-state index contributed by atoms with van der Waals surface area (Å²) in [6.07, 6.45) is -1.87. The quantitative estimate of drug-likeness (QED) is 0.103. The molecule has 0 spiro atoms. The number of aliphatic carboxylic acids is 1. The van der Waals surface area contributed by atoms with E-state index < -0.39 is 72.1 Å². The molecule has 2 heterocycles. The Bertz CT molecular complexity index is 1450. The van der Waals surface area contributed by atoms with Gasteiger partial charge in [-0.3, -0.25) is 9.59 Å². The van der Waals surface area contributed by atoms with Crippen molar-refractivity contribution in [2.24, 2.45) is 17.3 Å². The molecule has 9 atom stereocenters. The highest BCUT2D eigenvalue weighted by Crippen LogP contribution is 2.45. The minimum Gasteiger partial charge on any atom is -0.479 e. The third-order valence-electron chi connectivity index (χ3n) is 8.73. The number of carbonyl (C=O) groups excluding carboxylic acids is 2. The standard InChI is InChI=1S/C33H41ClO11S/c1-33(2)29(40)18(9-5-3-4-6-12-23(36)44-32-27(39)25(37)26(38)28(45-32)31(42)43)19(30(33)41)15-13-17(35)14-16-22-24(34)20-10-7-8-11-21(20)46-22/h3,5,7-8,10-11,13,15,17-19,25-28,30,32,35,37-39,41H,4,6,9,12,14,16H2,1-2H3,(H,42,43)/b5-3-,15-13+/t17?,18-,19-,25+,26+,27-,28+,30+,32?/m1/s1. The predicted molar refractivity (Wildman–Crippen MR) is 170 cm³/mol. The van der Waals surface area contributed by atoms with Crippen molar-refractivity contribution in [1.29, 1.82) is 0 Å². The zero-order valence-corrected chi connectivity index (χ0v) is 27.1. The second-order valence-corrected chi connectivity index (χ2v) is 13.9. The lowest BCUT2D eigenvalue weighted by atomic mass is 9.86. The second kappa shape index (κ2) is 15.5. The van der Waals surface area contributed by atoms with Crippen molar-refractivity contribution < 1.29 is 54.5 Å². The lowest BCUT2D eigenvalue weighted by molar-refractivity contribution is -0.286. The number of ketones is 1. The molecule has 2 aromatic rings. The van der Waals surface area contributed by atoms with Gasteiger partial charge in [0.1, 0.15) is 24.1 Å². The molecule has 0 amide bonds. The highest BCUT2D eigenvalue weighted by Gasteiger charge is 2.53. The predicted octanol–water partition coefficient (Wildman–Crippen LogP) is 3.16. The largest absolute Gasteiger partial charge is 0.479 e. The summed E-state index contributed by atoms with van der Waals surface area (Å²) in [4.78, 5) is 37.6. The van der Waals surface area contributed by atoms with Gasteiger partial charge in [-0.2, -0.15) is 0 Å². The van der Waals surface area contributed by atoms with Crippen LogP contribution in [0.15, 0.2) is 48.6 Å². The maximum Gasteiger partial charge on any atom is 0.335 e. The van der Waals surface area contributed by atoms with Crippen LogP contribution in [0.25, 0.3) is 10.1 Å². The first-order chi connectivity index (χ1) is 21.7. The van der Waals surface area contributed by atoms with E-state index in [0.29, 0.717) is 37.1 Å². The number of hydrogen-bond acceptors (Lipinski definition) is 11. The number of rotatable bonds is 13. The Kier molecular flexibility index (Phi) is 12.2. The molecule has 252 valence electrons. The number of ether oxygens (including phenoxy) is 2. The van der Waals surface area contributed by atoms with E-state index in [0.717, 1.165) is 15.0 Å². The van der Waals surface area contributed by atoms with Crippen LogP contribution in [0.5, 0.6) is 0 Å². The molecule has 2 unspecified atom stereocenters. The minimum atomic E-state index is -1.89. The van der Waals surface area contributed by atoms with Crippen molar-refractivity contribution in [1.82, 2.24) is 0 Å². The molecule has 6 N–H and O–H groups in total. The highest BCUT2D eigenvalue weighted by atomic mass is 35.5. The Morgan fingerprint density at radius 2 is 1.83 bits per heavy atom. The summed E-state index contributed by atoms with van der Waals surface area (Å²) in [5, 5.41) is 62.1. The van der Waals surface area contributed by atoms with Gasteiger partial charge in [-0.1, -0.05) is 68.0 Å². The SMILES string of the molecule is CC1(C)C(=O)[C@H](C/C=C\CCCC(=O)OC2O[C@H](C(=O)O)[C@@H](O)[C@H](O)[C@H]2O)[C@@H](/C=C/C(O)CCc2sc3ccccc3c2Cl)[C@@H]1O. The van der Waals surface area contributed by atoms with Crippen LogP contribution in [0, 0.1) is 17.3 Å². The number of esters is 1. The van der Waals surface area contributed by atoms with E-state index in [2.05, 4.69) is 0 Å². The number of aliphatic hydroxyl groups is 5. The van der Waals surface area contributed by atoms with Gasteiger partial charge in [0.15, 0.2) is 6.10 Å². The average Bonchev–Trinajstić information content (AvgIpc) is 3.42. The van der Waals surface area contributed by atoms with E-state index in [4.69, 9.17) is 26.2 Å². The van der Waals surface area contributed by atoms with Crippen LogP contribution in [0.2, 0.25) is 5.02 Å². The third kappa shape index (κ3) is 8.06. The molecule has 2 aliphatic rings. The van der Waals surface area contributed by atoms with E-state index in [1.165, 1.54) is 0 Å². The molecule has 1 aromatic carbocycles. The van der Waals surface area contributed by atoms with Gasteiger partial charge < -0.3 is 40.1 Å². The normalized spacial score (nSPS) is 30.4. The van der Waals surface area contributed by atoms with Crippen LogP contribution in [0.3, 0.4) is 0 Å². The number of carbonyl (C=O) groups is 3. The van der Waals surface area contributed by atoms with E-state index >= 15 is 0 Å². The smallest absolute Gasteiger partial charge is 0.335 e. The van der Waals surface area contributed by atoms with Gasteiger partial charge in [0.2, 0.25) is 6.29 Å². The summed E-state index contributed by atoms with van der Waals surface area (Å²) < 4.78 is 11.0. The van der Waals surface area contributed by atoms with Crippen LogP contribution in [-0.4, -0.2) is 91.3 Å². The van der Waals surface area contributed by atoms with Gasteiger partial charge in [0, 0.05) is 33.2 Å². The van der Waals surface area contributed by atoms with Crippen LogP contribution >= 0.6 is 22.9 Å². The van der Waals surface area contributed by atoms with Crippen molar-refractivity contribution in [2.75, 3.05) is 0 Å². The topological polar surface area (TPSA) is 191 Å². The maximum absolute atomic E-state index is 13.2. The molecule has 4 rings (SSSR count). The fraction of sp³-hybridized carbons (Fsp3) is 0.545. The zero-order chi connectivity index (χ0) is 33.8. The summed E-state index contributed by atoms with van der Waals surface area (Å²) in [5.74, 6) is -3.44. The number of fused-ring (bicyclic) bond motifs is 1. The number of thiophene rings is 1. The number of allylic oxidation sites excluding steroid dienone is 2. The molecule has 1 aromatic heterocycles. The van der Waals surface area contributed by atoms with Gasteiger partial charge >= 0.3 is 11.9 Å². The number of carboxylic acids is 1. The van der Waals surface area contributed by atoms with Crippen LogP contribution in [0.1, 0.15) is 50.8 Å². The van der Waals surface area contributed by atoms with Gasteiger partial charge in [-0.25, -0.2) is 4.79 Å². The monoisotopic (exact) mass is 680 g/mol. The van der Waals surface area contributed by atoms with Crippen molar-refractivity contribution in [3.05, 3.63) is 58.5 Å². The van der Waals surface area contributed by atoms with E-state index in [9.17, 15) is 39.9 Å². The van der Waals surface area contributed by atoms with Crippen molar-refractivity contribution >= 4 is 50.7 Å². The molecule has 46 heavy (non-hydrogen) atoms. The summed E-state index contributed by atoms with van der Waals surface area (Å²) >= 11 is 8.13. The minimum absolute atomic E-state index is 0.0764. The molecule has 0 bridgehead atoms. The molecular formula is C33H41ClO11S. The first-order valence-corrected chi connectivity index (χ1v) is 16.4. The number of benzene rings is 1. The molecule has 11 nitrogen and oxygen atoms in total. The number of aliphatic hydroxyl groups excluding tert-OH is 5. The lowest BCUT2D eigenvalue weighted by Crippen LogP contribution is -2.60. The zero-order valence-electron chi connectivity index (χ0n) is 25.6. The average molecular weight is 681 g/mol. The summed E-state index contributed by atoms with van der Waals surface area (Å²) in [5.41, 5.74) is -0.957. The van der Waals surface area contributed by atoms with E-state index in [1.54, 1.807) is 43.4 Å². The number of halogens is 1. The molecule has 2 fully saturated rings. The number of carboxylic acid groups (broad SMARTS) is 1. The molecule has 1 aliphatic carbocycles. The number of unbranched alkanes of at least 4 members (excludes halogenated alkanes) is 1. The first kappa shape index (κ1) is 36.2. The molecular weight excluding hydrogens is 640 g/mol. The van der Waals surface area contributed by atoms with Crippen molar-refractivity contribution in [3.63, 3.8) is 0 Å². The molecule has 0 radical (unpaired) electrons. The van der Waals surface area contributed by atoms with Gasteiger partial charge in [0.25, 0.3) is 0 Å². The Labute approximate surface area is 275 Å². The fourth-order valence-electron chi connectivity index (χ4n) is 5.92. The summed E-state index contributed by atoms with van der Waals surface area (Å²) in [6.45, 7) is 3.42. The van der Waals surface area contributed by atoms with Crippen LogP contribution in [0.4, 0.5) is 0 Å². The van der Waals surface area contributed by atoms with Crippen LogP contribution < -0.4 is 0 Å². The second-order valence-electron chi connectivity index (χ2n) is 12.4. The number of aryl methyl sites for hydroxylation is 1. The van der Waals surface area contributed by atoms with E-state index in [1.807, 2.05) is 30.3 Å². The molecule has 1 saturated carbocycles. The summed E-state index contributed by atoms with van der Waals surface area (Å²) in [7, 11) is 0. The summed E-state index contributed by atoms with van der Waals surface area (Å²) in [6, 6.07) is 7.86. The number of Topliss-reactive ketones (excluding diaryl/α,β-unsaturated/α-hetero) is 1. The Morgan fingerprint density at radius 1 is 1.11 bits per heavy atom. The Morgan fingerprint density at radius 3 is 2.52 bits per heavy atom. The van der Waals surface area contributed by atoms with Crippen LogP contribution in [-0.2, 0) is 30.3 Å². The maximum atomic E-state index is 13.2. The third-order valence-corrected chi connectivity index (χ3v) is 10.5. The Balaban J connectivity index is 1.26. The fourth-order valence-corrected chi connectivity index (χ4v) is 7.47. The van der Waals surface area contributed by atoms with Crippen molar-refractivity contribution in [2.45, 2.75) is 95.3 Å². The van der Waals surface area contributed by atoms with E-state index in [-0.39, 0.29) is 12.2 Å². The van der Waals surface area contributed by atoms with Gasteiger partial charge in [0.05, 0.1) is 22.6 Å². The van der Waals surface area contributed by atoms with Crippen molar-refractivity contribution in [3.8, 4) is 0 Å².